The van der Waals surface area contributed by atoms with Gasteiger partial charge in [-0.3, -0.25) is 14.4 Å². The third-order valence-electron chi connectivity index (χ3n) is 5.92. The number of nitrogens with one attached hydrogen (secondary N) is 1. The lowest BCUT2D eigenvalue weighted by Gasteiger charge is -2.35. The van der Waals surface area contributed by atoms with Gasteiger partial charge in [-0.05, 0) is 38.2 Å². The minimum Gasteiger partial charge on any atom is -0.348 e. The van der Waals surface area contributed by atoms with Gasteiger partial charge in [0.05, 0.1) is 0 Å². The highest BCUT2D eigenvalue weighted by Gasteiger charge is 2.29. The van der Waals surface area contributed by atoms with Gasteiger partial charge in [0.2, 0.25) is 5.91 Å². The molecule has 1 aromatic heterocycles. The highest BCUT2D eigenvalue weighted by Crippen LogP contribution is 2.26. The summed E-state index contributed by atoms with van der Waals surface area (Å²) in [6.07, 6.45) is 8.96. The summed E-state index contributed by atoms with van der Waals surface area (Å²) in [5.74, 6) is 0.254. The van der Waals surface area contributed by atoms with E-state index in [-0.39, 0.29) is 29.1 Å². The van der Waals surface area contributed by atoms with Crippen molar-refractivity contribution in [3.63, 3.8) is 0 Å². The first kappa shape index (κ1) is 20.6. The summed E-state index contributed by atoms with van der Waals surface area (Å²) in [7, 11) is 0. The molecule has 0 atom stereocenters. The van der Waals surface area contributed by atoms with E-state index in [1.807, 2.05) is 11.8 Å². The number of nitrogens with zero attached hydrogens (tertiary/aromatic N) is 3. The molecule has 1 aliphatic heterocycles. The van der Waals surface area contributed by atoms with Crippen LogP contribution in [-0.4, -0.2) is 45.6 Å². The van der Waals surface area contributed by atoms with E-state index in [0.717, 1.165) is 51.4 Å². The highest BCUT2D eigenvalue weighted by atomic mass is 16.2. The van der Waals surface area contributed by atoms with Crippen molar-refractivity contribution in [3.8, 4) is 0 Å². The molecule has 1 saturated heterocycles. The average Bonchev–Trinajstić information content (AvgIpc) is 2.73. The monoisotopic (exact) mass is 388 g/mol. The van der Waals surface area contributed by atoms with Crippen molar-refractivity contribution in [2.24, 2.45) is 5.92 Å². The number of hydrogen-bond acceptors (Lipinski definition) is 4. The summed E-state index contributed by atoms with van der Waals surface area (Å²) in [6, 6.07) is 2.94. The standard InChI is InChI=1S/C21H32N4O3/c1-2-3-13-25-19(26)10-9-18(23-25)20(27)22-17-11-14-24(15-12-17)21(28)16-7-5-4-6-8-16/h9-10,16-17H,2-8,11-15H2,1H3,(H,22,27). The zero-order chi connectivity index (χ0) is 19.9. The molecule has 1 saturated carbocycles. The van der Waals surface area contributed by atoms with Crippen molar-refractivity contribution in [3.05, 3.63) is 28.2 Å². The molecule has 2 heterocycles. The van der Waals surface area contributed by atoms with Crippen LogP contribution in [0.5, 0.6) is 0 Å². The molecule has 7 nitrogen and oxygen atoms in total. The lowest BCUT2D eigenvalue weighted by atomic mass is 9.87. The molecule has 0 radical (unpaired) electrons. The Hall–Kier alpha value is -2.18. The molecule has 0 aromatic carbocycles. The van der Waals surface area contributed by atoms with Crippen LogP contribution in [-0.2, 0) is 11.3 Å². The van der Waals surface area contributed by atoms with Crippen molar-refractivity contribution in [2.75, 3.05) is 13.1 Å². The molecule has 1 N–H and O–H groups in total. The van der Waals surface area contributed by atoms with E-state index >= 15 is 0 Å². The van der Waals surface area contributed by atoms with Crippen LogP contribution in [0.1, 0.15) is 75.2 Å². The minimum absolute atomic E-state index is 0.0423. The zero-order valence-corrected chi connectivity index (χ0v) is 16.9. The molecule has 0 unspecified atom stereocenters. The van der Waals surface area contributed by atoms with E-state index in [9.17, 15) is 14.4 Å². The molecule has 2 fully saturated rings. The molecule has 28 heavy (non-hydrogen) atoms. The Labute approximate surface area is 166 Å². The number of carbonyl (C=O) groups excluding carboxylic acids is 2. The van der Waals surface area contributed by atoms with Crippen LogP contribution in [0.3, 0.4) is 0 Å². The fourth-order valence-corrected chi connectivity index (χ4v) is 4.15. The number of carbonyl (C=O) groups is 2. The summed E-state index contributed by atoms with van der Waals surface area (Å²) in [5, 5.41) is 7.23. The zero-order valence-electron chi connectivity index (χ0n) is 16.9. The van der Waals surface area contributed by atoms with Crippen LogP contribution >= 0.6 is 0 Å². The molecule has 3 rings (SSSR count). The summed E-state index contributed by atoms with van der Waals surface area (Å²) in [4.78, 5) is 39.0. The van der Waals surface area contributed by atoms with E-state index in [1.165, 1.54) is 23.2 Å². The van der Waals surface area contributed by atoms with Crippen molar-refractivity contribution in [1.29, 1.82) is 0 Å². The van der Waals surface area contributed by atoms with E-state index in [2.05, 4.69) is 10.4 Å². The van der Waals surface area contributed by atoms with Gasteiger partial charge < -0.3 is 10.2 Å². The van der Waals surface area contributed by atoms with Gasteiger partial charge >= 0.3 is 0 Å². The summed E-state index contributed by atoms with van der Waals surface area (Å²) >= 11 is 0. The van der Waals surface area contributed by atoms with Gasteiger partial charge in [-0.1, -0.05) is 32.6 Å². The lowest BCUT2D eigenvalue weighted by Crippen LogP contribution is -2.48. The predicted octanol–water partition coefficient (Wildman–Crippen LogP) is 2.34. The quantitative estimate of drug-likeness (QED) is 0.811. The summed E-state index contributed by atoms with van der Waals surface area (Å²) < 4.78 is 1.36. The average molecular weight is 389 g/mol. The van der Waals surface area contributed by atoms with Crippen LogP contribution in [0.4, 0.5) is 0 Å². The number of amides is 2. The Morgan fingerprint density at radius 2 is 1.82 bits per heavy atom. The summed E-state index contributed by atoms with van der Waals surface area (Å²) in [5.41, 5.74) is 0.0935. The van der Waals surface area contributed by atoms with E-state index in [4.69, 9.17) is 0 Å². The van der Waals surface area contributed by atoms with Crippen LogP contribution in [0.25, 0.3) is 0 Å². The normalized spacial score (nSPS) is 18.8. The van der Waals surface area contributed by atoms with Gasteiger partial charge in [0.1, 0.15) is 5.69 Å². The maximum atomic E-state index is 12.7. The van der Waals surface area contributed by atoms with Crippen molar-refractivity contribution < 1.29 is 9.59 Å². The van der Waals surface area contributed by atoms with Crippen molar-refractivity contribution >= 4 is 11.8 Å². The van der Waals surface area contributed by atoms with Gasteiger partial charge in [0.25, 0.3) is 11.5 Å². The number of aryl methyl sites for hydroxylation is 1. The Kier molecular flexibility index (Phi) is 7.23. The molecule has 1 aliphatic carbocycles. The van der Waals surface area contributed by atoms with Crippen molar-refractivity contribution in [1.82, 2.24) is 20.0 Å². The first-order chi connectivity index (χ1) is 13.6. The Balaban J connectivity index is 1.51. The molecule has 2 amide bonds. The van der Waals surface area contributed by atoms with Crippen LogP contribution in [0.15, 0.2) is 16.9 Å². The number of aromatic nitrogens is 2. The molecule has 7 heteroatoms. The van der Waals surface area contributed by atoms with Crippen LogP contribution in [0, 0.1) is 5.92 Å². The van der Waals surface area contributed by atoms with E-state index in [1.54, 1.807) is 0 Å². The Morgan fingerprint density at radius 3 is 2.50 bits per heavy atom. The largest absolute Gasteiger partial charge is 0.348 e. The second-order valence-electron chi connectivity index (χ2n) is 8.04. The predicted molar refractivity (Wildman–Crippen MR) is 107 cm³/mol. The third kappa shape index (κ3) is 5.20. The van der Waals surface area contributed by atoms with E-state index < -0.39 is 0 Å². The lowest BCUT2D eigenvalue weighted by molar-refractivity contribution is -0.137. The van der Waals surface area contributed by atoms with E-state index in [0.29, 0.717) is 25.5 Å². The number of hydrogen-bond donors (Lipinski definition) is 1. The molecular formula is C21H32N4O3. The maximum Gasteiger partial charge on any atom is 0.271 e. The second kappa shape index (κ2) is 9.85. The first-order valence-corrected chi connectivity index (χ1v) is 10.8. The SMILES string of the molecule is CCCCn1nc(C(=O)NC2CCN(C(=O)C3CCCCC3)CC2)ccc1=O. The number of rotatable bonds is 6. The highest BCUT2D eigenvalue weighted by molar-refractivity contribution is 5.92. The fraction of sp³-hybridized carbons (Fsp3) is 0.714. The minimum atomic E-state index is -0.248. The van der Waals surface area contributed by atoms with Gasteiger partial charge in [-0.15, -0.1) is 0 Å². The summed E-state index contributed by atoms with van der Waals surface area (Å²) in [6.45, 7) is 3.97. The smallest absolute Gasteiger partial charge is 0.271 e. The van der Waals surface area contributed by atoms with Gasteiger partial charge in [0.15, 0.2) is 0 Å². The topological polar surface area (TPSA) is 84.3 Å². The van der Waals surface area contributed by atoms with Gasteiger partial charge in [-0.2, -0.15) is 5.10 Å². The molecule has 2 aliphatic rings. The number of unbranched alkanes of at least 4 members (excludes halogenated alkanes) is 1. The van der Waals surface area contributed by atoms with Crippen LogP contribution < -0.4 is 10.9 Å². The maximum absolute atomic E-state index is 12.7. The second-order valence-corrected chi connectivity index (χ2v) is 8.04. The molecule has 154 valence electrons. The molecular weight excluding hydrogens is 356 g/mol. The number of piperidine rings is 1. The Bertz CT molecular complexity index is 731. The molecule has 0 bridgehead atoms. The molecule has 1 aromatic rings. The van der Waals surface area contributed by atoms with Crippen molar-refractivity contribution in [2.45, 2.75) is 77.3 Å². The first-order valence-electron chi connectivity index (χ1n) is 10.8. The third-order valence-corrected chi connectivity index (χ3v) is 5.92. The van der Waals surface area contributed by atoms with Gasteiger partial charge in [0, 0.05) is 37.7 Å². The fourth-order valence-electron chi connectivity index (χ4n) is 4.15. The molecule has 0 spiro atoms. The number of likely N-dealkylation sites (tertiary alicyclic amines) is 1. The Morgan fingerprint density at radius 1 is 1.11 bits per heavy atom. The van der Waals surface area contributed by atoms with Gasteiger partial charge in [-0.25, -0.2) is 4.68 Å². The van der Waals surface area contributed by atoms with Crippen LogP contribution in [0.2, 0.25) is 0 Å².